The van der Waals surface area contributed by atoms with Crippen molar-refractivity contribution >= 4 is 41.3 Å². The highest BCUT2D eigenvalue weighted by atomic mass is 127. The van der Waals surface area contributed by atoms with Gasteiger partial charge in [-0.25, -0.2) is 4.98 Å². The molecule has 0 aliphatic heterocycles. The van der Waals surface area contributed by atoms with Gasteiger partial charge >= 0.3 is 0 Å². The molecule has 0 saturated carbocycles. The van der Waals surface area contributed by atoms with Gasteiger partial charge in [-0.3, -0.25) is 9.89 Å². The molecule has 0 aromatic carbocycles. The molecule has 0 radical (unpaired) electrons. The van der Waals surface area contributed by atoms with Crippen molar-refractivity contribution in [2.24, 2.45) is 4.99 Å². The number of aryl methyl sites for hydroxylation is 1. The van der Waals surface area contributed by atoms with Gasteiger partial charge in [0.05, 0.1) is 17.2 Å². The minimum absolute atomic E-state index is 0. The van der Waals surface area contributed by atoms with E-state index in [4.69, 9.17) is 0 Å². The average molecular weight is 453 g/mol. The SMILES string of the molecule is CCNC(=NCCN(CC)C(C)C)NCCc1csc(C)n1.I. The average Bonchev–Trinajstić information content (AvgIpc) is 2.88. The first-order valence-corrected chi connectivity index (χ1v) is 9.12. The van der Waals surface area contributed by atoms with E-state index in [1.54, 1.807) is 11.3 Å². The maximum atomic E-state index is 4.65. The Balaban J connectivity index is 0.00000484. The summed E-state index contributed by atoms with van der Waals surface area (Å²) >= 11 is 1.71. The van der Waals surface area contributed by atoms with Crippen molar-refractivity contribution in [3.8, 4) is 0 Å². The zero-order chi connectivity index (χ0) is 16.4. The second kappa shape index (κ2) is 12.9. The summed E-state index contributed by atoms with van der Waals surface area (Å²) in [4.78, 5) is 11.6. The lowest BCUT2D eigenvalue weighted by molar-refractivity contribution is 0.240. The Hall–Kier alpha value is -0.410. The number of halogens is 1. The van der Waals surface area contributed by atoms with Gasteiger partial charge in [-0.1, -0.05) is 6.92 Å². The Morgan fingerprint density at radius 1 is 1.35 bits per heavy atom. The van der Waals surface area contributed by atoms with Crippen LogP contribution < -0.4 is 10.6 Å². The van der Waals surface area contributed by atoms with E-state index in [9.17, 15) is 0 Å². The third-order valence-electron chi connectivity index (χ3n) is 3.48. The van der Waals surface area contributed by atoms with Gasteiger partial charge in [0, 0.05) is 37.5 Å². The molecule has 0 unspecified atom stereocenters. The molecule has 1 aromatic heterocycles. The van der Waals surface area contributed by atoms with E-state index in [0.717, 1.165) is 55.8 Å². The summed E-state index contributed by atoms with van der Waals surface area (Å²) < 4.78 is 0. The molecule has 0 fully saturated rings. The van der Waals surface area contributed by atoms with E-state index in [1.807, 2.05) is 6.92 Å². The van der Waals surface area contributed by atoms with Gasteiger partial charge in [0.25, 0.3) is 0 Å². The monoisotopic (exact) mass is 453 g/mol. The van der Waals surface area contributed by atoms with Crippen molar-refractivity contribution < 1.29 is 0 Å². The standard InChI is InChI=1S/C16H31N5S.HI/c1-6-17-16(19-10-11-21(7-2)13(3)4)18-9-8-15-12-22-14(5)20-15;/h12-13H,6-11H2,1-5H3,(H2,17,18,19);1H. The molecule has 0 saturated heterocycles. The summed E-state index contributed by atoms with van der Waals surface area (Å²) in [5, 5.41) is 9.94. The van der Waals surface area contributed by atoms with Crippen LogP contribution in [0.15, 0.2) is 10.4 Å². The fraction of sp³-hybridized carbons (Fsp3) is 0.750. The number of hydrogen-bond acceptors (Lipinski definition) is 4. The van der Waals surface area contributed by atoms with Crippen molar-refractivity contribution in [1.82, 2.24) is 20.5 Å². The Bertz CT molecular complexity index is 447. The molecule has 0 amide bonds. The summed E-state index contributed by atoms with van der Waals surface area (Å²) in [5.41, 5.74) is 1.16. The van der Waals surface area contributed by atoms with Crippen molar-refractivity contribution in [3.63, 3.8) is 0 Å². The van der Waals surface area contributed by atoms with Gasteiger partial charge in [-0.05, 0) is 34.2 Å². The smallest absolute Gasteiger partial charge is 0.191 e. The number of rotatable bonds is 9. The molecule has 2 N–H and O–H groups in total. The summed E-state index contributed by atoms with van der Waals surface area (Å²) in [7, 11) is 0. The largest absolute Gasteiger partial charge is 0.357 e. The van der Waals surface area contributed by atoms with Crippen LogP contribution in [-0.4, -0.2) is 54.6 Å². The van der Waals surface area contributed by atoms with Crippen LogP contribution in [0.5, 0.6) is 0 Å². The molecule has 1 aromatic rings. The number of likely N-dealkylation sites (N-methyl/N-ethyl adjacent to an activating group) is 1. The number of hydrogen-bond donors (Lipinski definition) is 2. The van der Waals surface area contributed by atoms with Crippen LogP contribution in [-0.2, 0) is 6.42 Å². The number of aliphatic imine (C=N–C) groups is 1. The minimum Gasteiger partial charge on any atom is -0.357 e. The number of guanidine groups is 1. The Morgan fingerprint density at radius 2 is 2.09 bits per heavy atom. The van der Waals surface area contributed by atoms with Crippen LogP contribution in [0.3, 0.4) is 0 Å². The molecule has 0 spiro atoms. The molecule has 0 aliphatic rings. The van der Waals surface area contributed by atoms with Crippen molar-refractivity contribution in [2.45, 2.75) is 47.1 Å². The highest BCUT2D eigenvalue weighted by Crippen LogP contribution is 2.07. The van der Waals surface area contributed by atoms with Gasteiger partial charge in [0.2, 0.25) is 0 Å². The molecule has 1 rings (SSSR count). The Labute approximate surface area is 162 Å². The molecule has 23 heavy (non-hydrogen) atoms. The van der Waals surface area contributed by atoms with Crippen LogP contribution in [0, 0.1) is 6.92 Å². The van der Waals surface area contributed by atoms with E-state index >= 15 is 0 Å². The van der Waals surface area contributed by atoms with E-state index in [1.165, 1.54) is 0 Å². The maximum absolute atomic E-state index is 4.65. The van der Waals surface area contributed by atoms with Crippen LogP contribution in [0.25, 0.3) is 0 Å². The Kier molecular flexibility index (Phi) is 12.7. The number of aromatic nitrogens is 1. The van der Waals surface area contributed by atoms with Gasteiger partial charge in [-0.2, -0.15) is 0 Å². The van der Waals surface area contributed by atoms with E-state index < -0.39 is 0 Å². The lowest BCUT2D eigenvalue weighted by Gasteiger charge is -2.23. The molecule has 0 aliphatic carbocycles. The predicted octanol–water partition coefficient (Wildman–Crippen LogP) is 2.90. The fourth-order valence-corrected chi connectivity index (χ4v) is 2.89. The third-order valence-corrected chi connectivity index (χ3v) is 4.30. The summed E-state index contributed by atoms with van der Waals surface area (Å²) in [6, 6.07) is 0.573. The Morgan fingerprint density at radius 3 is 2.61 bits per heavy atom. The lowest BCUT2D eigenvalue weighted by Crippen LogP contribution is -2.39. The molecular weight excluding hydrogens is 421 g/mol. The first kappa shape index (κ1) is 22.6. The fourth-order valence-electron chi connectivity index (χ4n) is 2.25. The zero-order valence-corrected chi connectivity index (χ0v) is 18.2. The summed E-state index contributed by atoms with van der Waals surface area (Å²) in [6.45, 7) is 15.4. The van der Waals surface area contributed by atoms with Gasteiger partial charge in [-0.15, -0.1) is 35.3 Å². The second-order valence-corrected chi connectivity index (χ2v) is 6.58. The van der Waals surface area contributed by atoms with Gasteiger partial charge in [0.1, 0.15) is 0 Å². The van der Waals surface area contributed by atoms with Crippen LogP contribution >= 0.6 is 35.3 Å². The van der Waals surface area contributed by atoms with E-state index in [2.05, 4.69) is 58.6 Å². The topological polar surface area (TPSA) is 52.6 Å². The number of nitrogens with one attached hydrogen (secondary N) is 2. The quantitative estimate of drug-likeness (QED) is 0.343. The predicted molar refractivity (Wildman–Crippen MR) is 112 cm³/mol. The van der Waals surface area contributed by atoms with Gasteiger partial charge < -0.3 is 10.6 Å². The molecular formula is C16H32IN5S. The zero-order valence-electron chi connectivity index (χ0n) is 15.1. The number of nitrogens with zero attached hydrogens (tertiary/aromatic N) is 3. The second-order valence-electron chi connectivity index (χ2n) is 5.52. The first-order valence-electron chi connectivity index (χ1n) is 8.24. The highest BCUT2D eigenvalue weighted by molar-refractivity contribution is 14.0. The third kappa shape index (κ3) is 9.46. The summed E-state index contributed by atoms with van der Waals surface area (Å²) in [6.07, 6.45) is 0.932. The maximum Gasteiger partial charge on any atom is 0.191 e. The summed E-state index contributed by atoms with van der Waals surface area (Å²) in [5.74, 6) is 0.897. The minimum atomic E-state index is 0. The van der Waals surface area contributed by atoms with Gasteiger partial charge in [0.15, 0.2) is 5.96 Å². The molecule has 0 bridgehead atoms. The lowest BCUT2D eigenvalue weighted by atomic mass is 10.3. The number of thiazole rings is 1. The van der Waals surface area contributed by atoms with Crippen LogP contribution in [0.2, 0.25) is 0 Å². The van der Waals surface area contributed by atoms with Crippen LogP contribution in [0.1, 0.15) is 38.4 Å². The normalized spacial score (nSPS) is 11.7. The molecule has 0 atom stereocenters. The van der Waals surface area contributed by atoms with Crippen LogP contribution in [0.4, 0.5) is 0 Å². The van der Waals surface area contributed by atoms with Crippen molar-refractivity contribution in [1.29, 1.82) is 0 Å². The van der Waals surface area contributed by atoms with Crippen molar-refractivity contribution in [2.75, 3.05) is 32.7 Å². The molecule has 134 valence electrons. The highest BCUT2D eigenvalue weighted by Gasteiger charge is 2.06. The van der Waals surface area contributed by atoms with E-state index in [-0.39, 0.29) is 24.0 Å². The molecule has 7 heteroatoms. The first-order chi connectivity index (χ1) is 10.6. The molecule has 1 heterocycles. The van der Waals surface area contributed by atoms with Crippen molar-refractivity contribution in [3.05, 3.63) is 16.1 Å². The molecule has 5 nitrogen and oxygen atoms in total. The van der Waals surface area contributed by atoms with E-state index in [0.29, 0.717) is 6.04 Å².